The second-order valence-corrected chi connectivity index (χ2v) is 5.66. The normalized spacial score (nSPS) is 17.1. The lowest BCUT2D eigenvalue weighted by Crippen LogP contribution is -2.45. The van der Waals surface area contributed by atoms with Crippen molar-refractivity contribution in [2.75, 3.05) is 0 Å². The molecule has 1 aliphatic carbocycles. The van der Waals surface area contributed by atoms with Crippen LogP contribution in [-0.4, -0.2) is 16.7 Å². The van der Waals surface area contributed by atoms with Crippen molar-refractivity contribution in [1.82, 2.24) is 0 Å². The van der Waals surface area contributed by atoms with E-state index in [1.807, 2.05) is 0 Å². The van der Waals surface area contributed by atoms with Gasteiger partial charge in [-0.1, -0.05) is 34.8 Å². The molecule has 2 rings (SSSR count). The number of benzene rings is 1. The Morgan fingerprint density at radius 2 is 1.83 bits per heavy atom. The van der Waals surface area contributed by atoms with E-state index >= 15 is 0 Å². The van der Waals surface area contributed by atoms with E-state index in [2.05, 4.69) is 0 Å². The largest absolute Gasteiger partial charge is 0.484 e. The molecule has 0 radical (unpaired) electrons. The summed E-state index contributed by atoms with van der Waals surface area (Å²) in [6, 6.07) is 3.05. The third kappa shape index (κ3) is 2.85. The van der Waals surface area contributed by atoms with Gasteiger partial charge in [0, 0.05) is 5.02 Å². The Labute approximate surface area is 120 Å². The third-order valence-electron chi connectivity index (χ3n) is 3.02. The Hall–Kier alpha value is -0.640. The lowest BCUT2D eigenvalue weighted by atomic mass is 9.77. The van der Waals surface area contributed by atoms with Crippen LogP contribution >= 0.6 is 34.8 Å². The number of hydrogen-bond donors (Lipinski definition) is 1. The highest BCUT2D eigenvalue weighted by Crippen LogP contribution is 2.44. The molecule has 0 unspecified atom stereocenters. The van der Waals surface area contributed by atoms with Crippen LogP contribution in [0.1, 0.15) is 25.7 Å². The Morgan fingerprint density at radius 3 is 2.22 bits per heavy atom. The van der Waals surface area contributed by atoms with Crippen molar-refractivity contribution >= 4 is 40.8 Å². The first-order chi connectivity index (χ1) is 8.42. The van der Waals surface area contributed by atoms with Crippen LogP contribution in [0, 0.1) is 0 Å². The summed E-state index contributed by atoms with van der Waals surface area (Å²) in [7, 11) is 0. The van der Waals surface area contributed by atoms with Gasteiger partial charge in [0.25, 0.3) is 0 Å². The highest BCUT2D eigenvalue weighted by atomic mass is 35.5. The van der Waals surface area contributed by atoms with Crippen LogP contribution in [0.5, 0.6) is 5.75 Å². The Balaban J connectivity index is 2.25. The molecule has 1 saturated carbocycles. The number of halogens is 3. The number of rotatable bonds is 4. The highest BCUT2D eigenvalue weighted by Gasteiger charge is 2.42. The van der Waals surface area contributed by atoms with Crippen LogP contribution in [0.25, 0.3) is 0 Å². The van der Waals surface area contributed by atoms with Gasteiger partial charge in [-0.3, -0.25) is 4.79 Å². The summed E-state index contributed by atoms with van der Waals surface area (Å²) in [6.07, 6.45) is 2.27. The standard InChI is InChI=1S/C12H11Cl3O3/c13-7-4-8(14)11(9(15)5-7)18-12(2-1-3-12)6-10(16)17/h4-5H,1-3,6H2,(H,16,17). The molecule has 1 N–H and O–H groups in total. The van der Waals surface area contributed by atoms with Crippen molar-refractivity contribution < 1.29 is 14.6 Å². The van der Waals surface area contributed by atoms with Gasteiger partial charge in [-0.25, -0.2) is 0 Å². The fourth-order valence-corrected chi connectivity index (χ4v) is 2.90. The molecule has 0 spiro atoms. The average Bonchev–Trinajstić information content (AvgIpc) is 2.18. The second kappa shape index (κ2) is 5.16. The summed E-state index contributed by atoms with van der Waals surface area (Å²) in [4.78, 5) is 10.9. The Bertz CT molecular complexity index is 460. The lowest BCUT2D eigenvalue weighted by molar-refractivity contribution is -0.144. The molecule has 0 heterocycles. The number of carboxylic acids is 1. The number of aliphatic carboxylic acids is 1. The number of hydrogen-bond acceptors (Lipinski definition) is 2. The number of carbonyl (C=O) groups is 1. The molecule has 0 aromatic heterocycles. The summed E-state index contributed by atoms with van der Waals surface area (Å²) in [5.41, 5.74) is -0.688. The molecular weight excluding hydrogens is 298 g/mol. The minimum absolute atomic E-state index is 0.0533. The SMILES string of the molecule is O=C(O)CC1(Oc2c(Cl)cc(Cl)cc2Cl)CCC1. The van der Waals surface area contributed by atoms with Crippen molar-refractivity contribution in [3.05, 3.63) is 27.2 Å². The molecular formula is C12H11Cl3O3. The molecule has 98 valence electrons. The van der Waals surface area contributed by atoms with Crippen molar-refractivity contribution in [2.24, 2.45) is 0 Å². The van der Waals surface area contributed by atoms with E-state index in [9.17, 15) is 4.79 Å². The molecule has 1 fully saturated rings. The topological polar surface area (TPSA) is 46.5 Å². The maximum absolute atomic E-state index is 10.9. The quantitative estimate of drug-likeness (QED) is 0.895. The zero-order chi connectivity index (χ0) is 13.3. The molecule has 1 aromatic carbocycles. The number of carboxylic acid groups (broad SMARTS) is 1. The second-order valence-electron chi connectivity index (χ2n) is 4.41. The highest BCUT2D eigenvalue weighted by molar-refractivity contribution is 6.40. The van der Waals surface area contributed by atoms with Gasteiger partial charge in [0.2, 0.25) is 0 Å². The van der Waals surface area contributed by atoms with Crippen LogP contribution < -0.4 is 4.74 Å². The predicted molar refractivity (Wildman–Crippen MR) is 70.9 cm³/mol. The van der Waals surface area contributed by atoms with Crippen LogP contribution in [-0.2, 0) is 4.79 Å². The molecule has 3 nitrogen and oxygen atoms in total. The van der Waals surface area contributed by atoms with E-state index in [0.717, 1.165) is 6.42 Å². The zero-order valence-corrected chi connectivity index (χ0v) is 11.6. The van der Waals surface area contributed by atoms with E-state index in [1.54, 1.807) is 0 Å². The first-order valence-corrected chi connectivity index (χ1v) is 6.61. The minimum atomic E-state index is -0.893. The van der Waals surface area contributed by atoms with E-state index in [-0.39, 0.29) is 6.42 Å². The molecule has 0 saturated heterocycles. The Morgan fingerprint density at radius 1 is 1.28 bits per heavy atom. The van der Waals surface area contributed by atoms with Gasteiger partial charge in [0.1, 0.15) is 5.60 Å². The summed E-state index contributed by atoms with van der Waals surface area (Å²) in [5.74, 6) is -0.584. The van der Waals surface area contributed by atoms with Crippen molar-refractivity contribution in [3.8, 4) is 5.75 Å². The molecule has 0 bridgehead atoms. The number of ether oxygens (including phenoxy) is 1. The van der Waals surface area contributed by atoms with Crippen LogP contribution in [0.2, 0.25) is 15.1 Å². The molecule has 0 aliphatic heterocycles. The van der Waals surface area contributed by atoms with Crippen molar-refractivity contribution in [1.29, 1.82) is 0 Å². The van der Waals surface area contributed by atoms with E-state index in [4.69, 9.17) is 44.6 Å². The summed E-state index contributed by atoms with van der Waals surface area (Å²) in [6.45, 7) is 0. The maximum Gasteiger partial charge on any atom is 0.307 e. The maximum atomic E-state index is 10.9. The predicted octanol–water partition coefficient (Wildman–Crippen LogP) is 4.42. The van der Waals surface area contributed by atoms with Gasteiger partial charge in [-0.15, -0.1) is 0 Å². The summed E-state index contributed by atoms with van der Waals surface area (Å²) >= 11 is 17.8. The fraction of sp³-hybridized carbons (Fsp3) is 0.417. The van der Waals surface area contributed by atoms with Crippen molar-refractivity contribution in [3.63, 3.8) is 0 Å². The van der Waals surface area contributed by atoms with E-state index in [0.29, 0.717) is 33.7 Å². The van der Waals surface area contributed by atoms with Crippen LogP contribution in [0.15, 0.2) is 12.1 Å². The van der Waals surface area contributed by atoms with Gasteiger partial charge < -0.3 is 9.84 Å². The minimum Gasteiger partial charge on any atom is -0.484 e. The molecule has 0 atom stereocenters. The van der Waals surface area contributed by atoms with Gasteiger partial charge in [0.05, 0.1) is 16.5 Å². The van der Waals surface area contributed by atoms with Gasteiger partial charge in [-0.2, -0.15) is 0 Å². The van der Waals surface area contributed by atoms with Crippen LogP contribution in [0.3, 0.4) is 0 Å². The smallest absolute Gasteiger partial charge is 0.307 e. The molecule has 6 heteroatoms. The molecule has 18 heavy (non-hydrogen) atoms. The summed E-state index contributed by atoms with van der Waals surface area (Å²) < 4.78 is 5.76. The first kappa shape index (κ1) is 13.8. The van der Waals surface area contributed by atoms with Crippen molar-refractivity contribution in [2.45, 2.75) is 31.3 Å². The lowest BCUT2D eigenvalue weighted by Gasteiger charge is -2.41. The fourth-order valence-electron chi connectivity index (χ4n) is 2.00. The zero-order valence-electron chi connectivity index (χ0n) is 9.38. The monoisotopic (exact) mass is 308 g/mol. The molecule has 0 amide bonds. The molecule has 1 aliphatic rings. The first-order valence-electron chi connectivity index (χ1n) is 5.47. The molecule has 1 aromatic rings. The van der Waals surface area contributed by atoms with Gasteiger partial charge in [0.15, 0.2) is 5.75 Å². The van der Waals surface area contributed by atoms with Gasteiger partial charge >= 0.3 is 5.97 Å². The van der Waals surface area contributed by atoms with E-state index in [1.165, 1.54) is 12.1 Å². The van der Waals surface area contributed by atoms with E-state index < -0.39 is 11.6 Å². The van der Waals surface area contributed by atoms with Crippen LogP contribution in [0.4, 0.5) is 0 Å². The average molecular weight is 310 g/mol. The third-order valence-corrected chi connectivity index (χ3v) is 3.80. The van der Waals surface area contributed by atoms with Gasteiger partial charge in [-0.05, 0) is 31.4 Å². The Kier molecular flexibility index (Phi) is 3.95. The summed E-state index contributed by atoms with van der Waals surface area (Å²) in [5, 5.41) is 9.91.